The zero-order valence-corrected chi connectivity index (χ0v) is 19.1. The number of pyridine rings is 1. The Morgan fingerprint density at radius 2 is 1.94 bits per heavy atom. The molecule has 0 unspecified atom stereocenters. The molecule has 5 rings (SSSR count). The first kappa shape index (κ1) is 23.7. The number of halogens is 2. The number of nitrogens with zero attached hydrogens (tertiary/aromatic N) is 4. The van der Waals surface area contributed by atoms with Crippen molar-refractivity contribution in [1.29, 1.82) is 0 Å². The van der Waals surface area contributed by atoms with Gasteiger partial charge < -0.3 is 24.4 Å². The monoisotopic (exact) mass is 499 g/mol. The van der Waals surface area contributed by atoms with E-state index in [1.165, 1.54) is 24.4 Å². The molecule has 3 aromatic rings. The second-order valence-electron chi connectivity index (χ2n) is 8.34. The minimum Gasteiger partial charge on any atom is -0.488 e. The van der Waals surface area contributed by atoms with Crippen LogP contribution in [0.25, 0.3) is 0 Å². The van der Waals surface area contributed by atoms with Gasteiger partial charge in [0.05, 0.1) is 19.4 Å². The highest BCUT2D eigenvalue weighted by atomic mass is 19.3. The van der Waals surface area contributed by atoms with Gasteiger partial charge in [-0.15, -0.1) is 0 Å². The Hall–Kier alpha value is -4.06. The maximum absolute atomic E-state index is 12.9. The van der Waals surface area contributed by atoms with Crippen LogP contribution in [-0.4, -0.2) is 63.9 Å². The molecular weight excluding hydrogens is 476 g/mol. The fourth-order valence-electron chi connectivity index (χ4n) is 3.71. The zero-order valence-electron chi connectivity index (χ0n) is 19.1. The molecule has 2 aliphatic rings. The average molecular weight is 499 g/mol. The standard InChI is InChI=1S/C24H23F2N5O5/c25-24(26)31-8-4-21(29-31)28-22(32)15-10-18(12-19(11-15)36-17-5-9-34-14-17)35-16-2-3-20(27-13-16)23(33)30-6-1-7-30/h2-4,8,10-13,17,24H,1,5-7,9,14H2,(H,28,29,32)/t17-/m0/s1. The zero-order chi connectivity index (χ0) is 25.1. The van der Waals surface area contributed by atoms with Gasteiger partial charge in [0, 0.05) is 43.4 Å². The summed E-state index contributed by atoms with van der Waals surface area (Å²) in [5.74, 6) is 0.293. The summed E-state index contributed by atoms with van der Waals surface area (Å²) in [6.45, 7) is -0.360. The van der Waals surface area contributed by atoms with Gasteiger partial charge in [-0.25, -0.2) is 9.67 Å². The molecule has 188 valence electrons. The fraction of sp³-hybridized carbons (Fsp3) is 0.333. The van der Waals surface area contributed by atoms with Crippen molar-refractivity contribution in [2.24, 2.45) is 0 Å². The molecule has 1 atom stereocenters. The SMILES string of the molecule is O=C(Nc1ccn(C(F)F)n1)c1cc(Oc2ccc(C(=O)N3CCC3)nc2)cc(O[C@H]2CCOC2)c1. The van der Waals surface area contributed by atoms with Gasteiger partial charge in [0.1, 0.15) is 29.0 Å². The quantitative estimate of drug-likeness (QED) is 0.503. The Morgan fingerprint density at radius 3 is 2.58 bits per heavy atom. The highest BCUT2D eigenvalue weighted by molar-refractivity contribution is 6.04. The number of anilines is 1. The summed E-state index contributed by atoms with van der Waals surface area (Å²) in [4.78, 5) is 31.1. The molecule has 12 heteroatoms. The van der Waals surface area contributed by atoms with Gasteiger partial charge in [-0.05, 0) is 30.7 Å². The second-order valence-corrected chi connectivity index (χ2v) is 8.34. The Labute approximate surface area is 204 Å². The van der Waals surface area contributed by atoms with Crippen LogP contribution in [0.5, 0.6) is 17.2 Å². The third kappa shape index (κ3) is 5.43. The minimum absolute atomic E-state index is 0.0232. The number of rotatable bonds is 8. The lowest BCUT2D eigenvalue weighted by Crippen LogP contribution is -2.42. The van der Waals surface area contributed by atoms with E-state index < -0.39 is 12.5 Å². The van der Waals surface area contributed by atoms with Crippen molar-refractivity contribution in [3.63, 3.8) is 0 Å². The highest BCUT2D eigenvalue weighted by Crippen LogP contribution is 2.29. The average Bonchev–Trinajstić information content (AvgIpc) is 3.50. The van der Waals surface area contributed by atoms with E-state index in [0.717, 1.165) is 25.7 Å². The van der Waals surface area contributed by atoms with E-state index in [1.54, 1.807) is 23.1 Å². The molecule has 10 nitrogen and oxygen atoms in total. The van der Waals surface area contributed by atoms with E-state index in [9.17, 15) is 18.4 Å². The van der Waals surface area contributed by atoms with Gasteiger partial charge in [-0.1, -0.05) is 0 Å². The number of alkyl halides is 2. The third-order valence-corrected chi connectivity index (χ3v) is 5.72. The summed E-state index contributed by atoms with van der Waals surface area (Å²) in [5.41, 5.74) is 0.495. The van der Waals surface area contributed by atoms with Crippen LogP contribution in [0.3, 0.4) is 0 Å². The van der Waals surface area contributed by atoms with E-state index in [-0.39, 0.29) is 23.4 Å². The highest BCUT2D eigenvalue weighted by Gasteiger charge is 2.23. The number of likely N-dealkylation sites (tertiary alicyclic amines) is 1. The summed E-state index contributed by atoms with van der Waals surface area (Å²) in [5, 5.41) is 6.12. The molecule has 0 bridgehead atoms. The fourth-order valence-corrected chi connectivity index (χ4v) is 3.71. The first-order valence-corrected chi connectivity index (χ1v) is 11.4. The Kier molecular flexibility index (Phi) is 6.76. The summed E-state index contributed by atoms with van der Waals surface area (Å²) in [6.07, 6.45) is 4.02. The molecule has 2 aliphatic heterocycles. The molecule has 0 saturated carbocycles. The van der Waals surface area contributed by atoms with Crippen LogP contribution in [0, 0.1) is 0 Å². The van der Waals surface area contributed by atoms with Crippen molar-refractivity contribution in [1.82, 2.24) is 19.7 Å². The number of carbonyl (C=O) groups is 2. The predicted molar refractivity (Wildman–Crippen MR) is 123 cm³/mol. The lowest BCUT2D eigenvalue weighted by atomic mass is 10.1. The summed E-state index contributed by atoms with van der Waals surface area (Å²) in [7, 11) is 0. The lowest BCUT2D eigenvalue weighted by molar-refractivity contribution is 0.0568. The predicted octanol–water partition coefficient (Wildman–Crippen LogP) is 3.73. The van der Waals surface area contributed by atoms with E-state index >= 15 is 0 Å². The third-order valence-electron chi connectivity index (χ3n) is 5.72. The van der Waals surface area contributed by atoms with Crippen LogP contribution in [-0.2, 0) is 4.74 Å². The largest absolute Gasteiger partial charge is 0.488 e. The molecule has 36 heavy (non-hydrogen) atoms. The van der Waals surface area contributed by atoms with E-state index in [0.29, 0.717) is 47.3 Å². The Balaban J connectivity index is 1.35. The van der Waals surface area contributed by atoms with Crippen LogP contribution in [0.1, 0.15) is 40.2 Å². The Morgan fingerprint density at radius 1 is 1.11 bits per heavy atom. The normalized spacial score (nSPS) is 17.1. The number of aromatic nitrogens is 3. The summed E-state index contributed by atoms with van der Waals surface area (Å²) in [6, 6.07) is 9.11. The molecule has 2 fully saturated rings. The molecule has 4 heterocycles. The van der Waals surface area contributed by atoms with Gasteiger partial charge in [0.2, 0.25) is 0 Å². The maximum atomic E-state index is 12.9. The van der Waals surface area contributed by atoms with Gasteiger partial charge in [-0.2, -0.15) is 13.9 Å². The van der Waals surface area contributed by atoms with Crippen LogP contribution in [0.4, 0.5) is 14.6 Å². The topological polar surface area (TPSA) is 108 Å². The van der Waals surface area contributed by atoms with Crippen LogP contribution >= 0.6 is 0 Å². The van der Waals surface area contributed by atoms with Gasteiger partial charge in [0.15, 0.2) is 5.82 Å². The second kappa shape index (κ2) is 10.3. The van der Waals surface area contributed by atoms with Gasteiger partial charge in [0.25, 0.3) is 11.8 Å². The van der Waals surface area contributed by atoms with Crippen molar-refractivity contribution in [3.8, 4) is 17.2 Å². The van der Waals surface area contributed by atoms with Gasteiger partial charge in [-0.3, -0.25) is 9.59 Å². The summed E-state index contributed by atoms with van der Waals surface area (Å²) >= 11 is 0. The number of carbonyl (C=O) groups excluding carboxylic acids is 2. The van der Waals surface area contributed by atoms with Crippen molar-refractivity contribution in [2.75, 3.05) is 31.6 Å². The van der Waals surface area contributed by atoms with Crippen molar-refractivity contribution in [3.05, 3.63) is 60.0 Å². The number of amides is 2. The number of nitrogens with one attached hydrogen (secondary N) is 1. The van der Waals surface area contributed by atoms with Crippen LogP contribution in [0.2, 0.25) is 0 Å². The van der Waals surface area contributed by atoms with Gasteiger partial charge >= 0.3 is 6.55 Å². The maximum Gasteiger partial charge on any atom is 0.333 e. The minimum atomic E-state index is -2.82. The molecule has 0 aliphatic carbocycles. The van der Waals surface area contributed by atoms with Crippen molar-refractivity contribution in [2.45, 2.75) is 25.5 Å². The number of ether oxygens (including phenoxy) is 3. The molecule has 0 spiro atoms. The molecule has 2 amide bonds. The van der Waals surface area contributed by atoms with E-state index in [1.807, 2.05) is 0 Å². The van der Waals surface area contributed by atoms with Crippen LogP contribution < -0.4 is 14.8 Å². The molecule has 2 aromatic heterocycles. The number of benzene rings is 1. The molecule has 2 saturated heterocycles. The summed E-state index contributed by atoms with van der Waals surface area (Å²) < 4.78 is 43.2. The lowest BCUT2D eigenvalue weighted by Gasteiger charge is -2.30. The molecule has 1 N–H and O–H groups in total. The van der Waals surface area contributed by atoms with E-state index in [4.69, 9.17) is 14.2 Å². The smallest absolute Gasteiger partial charge is 0.333 e. The number of hydrogen-bond donors (Lipinski definition) is 1. The molecular formula is C24H23F2N5O5. The van der Waals surface area contributed by atoms with Crippen molar-refractivity contribution < 1.29 is 32.6 Å². The van der Waals surface area contributed by atoms with Crippen molar-refractivity contribution >= 4 is 17.6 Å². The first-order valence-electron chi connectivity index (χ1n) is 11.4. The molecule has 0 radical (unpaired) electrons. The Bertz CT molecular complexity index is 1240. The number of hydrogen-bond acceptors (Lipinski definition) is 7. The van der Waals surface area contributed by atoms with Crippen LogP contribution in [0.15, 0.2) is 48.8 Å². The molecule has 1 aromatic carbocycles. The first-order chi connectivity index (χ1) is 17.4. The van der Waals surface area contributed by atoms with E-state index in [2.05, 4.69) is 15.4 Å².